The van der Waals surface area contributed by atoms with Gasteiger partial charge in [-0.25, -0.2) is 4.98 Å². The highest BCUT2D eigenvalue weighted by Crippen LogP contribution is 2.17. The Bertz CT molecular complexity index is 516. The molecule has 2 nitrogen and oxygen atoms in total. The van der Waals surface area contributed by atoms with E-state index in [9.17, 15) is 4.79 Å². The molecular weight excluding hydrogens is 218 g/mol. The first-order valence-electron chi connectivity index (χ1n) is 5.16. The van der Waals surface area contributed by atoms with Crippen LogP contribution >= 0.6 is 11.3 Å². The van der Waals surface area contributed by atoms with Gasteiger partial charge in [0.15, 0.2) is 5.78 Å². The van der Waals surface area contributed by atoms with E-state index in [1.807, 2.05) is 6.07 Å². The summed E-state index contributed by atoms with van der Waals surface area (Å²) in [5.74, 6) is 0.0907. The van der Waals surface area contributed by atoms with Crippen LogP contribution in [0.3, 0.4) is 0 Å². The monoisotopic (exact) mass is 231 g/mol. The second-order valence-electron chi connectivity index (χ2n) is 3.84. The van der Waals surface area contributed by atoms with Crippen LogP contribution in [0.15, 0.2) is 30.5 Å². The predicted molar refractivity (Wildman–Crippen MR) is 66.1 cm³/mol. The number of benzene rings is 1. The largest absolute Gasteiger partial charge is 0.294 e. The third-order valence-corrected chi connectivity index (χ3v) is 3.44. The molecule has 0 N–H and O–H groups in total. The highest BCUT2D eigenvalue weighted by atomic mass is 32.1. The molecule has 0 unspecified atom stereocenters. The second-order valence-corrected chi connectivity index (χ2v) is 4.96. The maximum Gasteiger partial charge on any atom is 0.171 e. The number of Topliss-reactive ketones (excluding diaryl/α,β-unsaturated/α-hetero) is 1. The fraction of sp³-hybridized carbons (Fsp3) is 0.231. The number of carbonyl (C=O) groups excluding carboxylic acids is 1. The molecule has 82 valence electrons. The fourth-order valence-corrected chi connectivity index (χ4v) is 2.40. The van der Waals surface area contributed by atoms with Gasteiger partial charge in [0.05, 0.1) is 9.88 Å². The van der Waals surface area contributed by atoms with Crippen LogP contribution in [0.4, 0.5) is 0 Å². The lowest BCUT2D eigenvalue weighted by Crippen LogP contribution is -1.87. The molecule has 2 aromatic rings. The molecule has 0 aliphatic carbocycles. The first-order valence-corrected chi connectivity index (χ1v) is 5.98. The van der Waals surface area contributed by atoms with Crippen molar-refractivity contribution in [1.82, 2.24) is 4.98 Å². The summed E-state index contributed by atoms with van der Waals surface area (Å²) in [5.41, 5.74) is 2.49. The maximum atomic E-state index is 11.1. The van der Waals surface area contributed by atoms with E-state index in [1.165, 1.54) is 22.5 Å². The molecule has 2 rings (SSSR count). The Morgan fingerprint density at radius 3 is 2.88 bits per heavy atom. The number of hydrogen-bond acceptors (Lipinski definition) is 3. The highest BCUT2D eigenvalue weighted by molar-refractivity contribution is 7.13. The van der Waals surface area contributed by atoms with Crippen molar-refractivity contribution in [1.29, 1.82) is 0 Å². The third-order valence-electron chi connectivity index (χ3n) is 2.34. The zero-order chi connectivity index (χ0) is 11.5. The average molecular weight is 231 g/mol. The van der Waals surface area contributed by atoms with Crippen molar-refractivity contribution in [3.05, 3.63) is 51.5 Å². The van der Waals surface area contributed by atoms with Crippen molar-refractivity contribution in [2.24, 2.45) is 0 Å². The molecule has 0 saturated heterocycles. The summed E-state index contributed by atoms with van der Waals surface area (Å²) in [6.07, 6.45) is 2.47. The van der Waals surface area contributed by atoms with E-state index in [0.29, 0.717) is 0 Å². The lowest BCUT2D eigenvalue weighted by Gasteiger charge is -1.98. The number of aromatic nitrogens is 1. The Labute approximate surface area is 99.0 Å². The van der Waals surface area contributed by atoms with Gasteiger partial charge in [0.2, 0.25) is 0 Å². The molecule has 0 atom stereocenters. The van der Waals surface area contributed by atoms with Gasteiger partial charge in [0.1, 0.15) is 0 Å². The smallest absolute Gasteiger partial charge is 0.171 e. The van der Waals surface area contributed by atoms with E-state index in [1.54, 1.807) is 13.1 Å². The fourth-order valence-electron chi connectivity index (χ4n) is 1.55. The van der Waals surface area contributed by atoms with Gasteiger partial charge in [-0.3, -0.25) is 4.79 Å². The molecule has 0 aliphatic rings. The molecule has 1 aromatic heterocycles. The van der Waals surface area contributed by atoms with E-state index in [4.69, 9.17) is 0 Å². The number of rotatable bonds is 3. The number of thiazole rings is 1. The molecule has 16 heavy (non-hydrogen) atoms. The zero-order valence-electron chi connectivity index (χ0n) is 9.36. The number of ketones is 1. The molecule has 0 fully saturated rings. The summed E-state index contributed by atoms with van der Waals surface area (Å²) in [5, 5.41) is 0.996. The van der Waals surface area contributed by atoms with E-state index in [0.717, 1.165) is 16.3 Å². The zero-order valence-corrected chi connectivity index (χ0v) is 10.2. The summed E-state index contributed by atoms with van der Waals surface area (Å²) >= 11 is 1.48. The number of carbonyl (C=O) groups is 1. The molecular formula is C13H13NOS. The first-order chi connectivity index (χ1) is 7.65. The van der Waals surface area contributed by atoms with Crippen molar-refractivity contribution in [2.75, 3.05) is 0 Å². The van der Waals surface area contributed by atoms with Gasteiger partial charge >= 0.3 is 0 Å². The third kappa shape index (κ3) is 2.55. The molecule has 3 heteroatoms. The lowest BCUT2D eigenvalue weighted by molar-refractivity contribution is 0.102. The Kier molecular flexibility index (Phi) is 3.15. The van der Waals surface area contributed by atoms with Crippen LogP contribution in [0.2, 0.25) is 0 Å². The normalized spacial score (nSPS) is 10.4. The van der Waals surface area contributed by atoms with Crippen molar-refractivity contribution in [2.45, 2.75) is 20.3 Å². The van der Waals surface area contributed by atoms with Crippen LogP contribution in [0.25, 0.3) is 0 Å². The van der Waals surface area contributed by atoms with Gasteiger partial charge in [-0.1, -0.05) is 29.8 Å². The van der Waals surface area contributed by atoms with Gasteiger partial charge in [-0.2, -0.15) is 0 Å². The van der Waals surface area contributed by atoms with Crippen LogP contribution in [0.1, 0.15) is 32.7 Å². The van der Waals surface area contributed by atoms with Crippen molar-refractivity contribution < 1.29 is 4.79 Å². The Morgan fingerprint density at radius 2 is 2.25 bits per heavy atom. The minimum absolute atomic E-state index is 0.0907. The van der Waals surface area contributed by atoms with Crippen LogP contribution in [0, 0.1) is 6.92 Å². The highest BCUT2D eigenvalue weighted by Gasteiger charge is 2.06. The van der Waals surface area contributed by atoms with E-state index < -0.39 is 0 Å². The Hall–Kier alpha value is -1.48. The van der Waals surface area contributed by atoms with Crippen molar-refractivity contribution in [3.8, 4) is 0 Å². The van der Waals surface area contributed by atoms with Gasteiger partial charge in [-0.05, 0) is 12.5 Å². The lowest BCUT2D eigenvalue weighted by atomic mass is 10.1. The number of aryl methyl sites for hydroxylation is 1. The van der Waals surface area contributed by atoms with Crippen LogP contribution < -0.4 is 0 Å². The van der Waals surface area contributed by atoms with Crippen molar-refractivity contribution >= 4 is 17.1 Å². The van der Waals surface area contributed by atoms with E-state index in [-0.39, 0.29) is 5.78 Å². The maximum absolute atomic E-state index is 11.1. The Morgan fingerprint density at radius 1 is 1.44 bits per heavy atom. The molecule has 0 bridgehead atoms. The molecule has 1 aromatic carbocycles. The van der Waals surface area contributed by atoms with E-state index in [2.05, 4.69) is 30.1 Å². The van der Waals surface area contributed by atoms with Gasteiger partial charge in [0.25, 0.3) is 0 Å². The predicted octanol–water partition coefficient (Wildman–Crippen LogP) is 3.24. The van der Waals surface area contributed by atoms with Gasteiger partial charge < -0.3 is 0 Å². The van der Waals surface area contributed by atoms with Crippen LogP contribution in [0.5, 0.6) is 0 Å². The topological polar surface area (TPSA) is 30.0 Å². The molecule has 0 radical (unpaired) electrons. The molecule has 0 saturated carbocycles. The first kappa shape index (κ1) is 11.0. The molecule has 0 aliphatic heterocycles. The summed E-state index contributed by atoms with van der Waals surface area (Å²) in [6, 6.07) is 8.35. The minimum atomic E-state index is 0.0907. The van der Waals surface area contributed by atoms with Gasteiger partial charge in [-0.15, -0.1) is 11.3 Å². The molecule has 1 heterocycles. The minimum Gasteiger partial charge on any atom is -0.294 e. The second kappa shape index (κ2) is 4.58. The van der Waals surface area contributed by atoms with Crippen LogP contribution in [-0.4, -0.2) is 10.8 Å². The Balaban J connectivity index is 2.17. The molecule has 0 amide bonds. The summed E-state index contributed by atoms with van der Waals surface area (Å²) in [7, 11) is 0. The van der Waals surface area contributed by atoms with Crippen LogP contribution in [-0.2, 0) is 6.42 Å². The summed E-state index contributed by atoms with van der Waals surface area (Å²) in [6.45, 7) is 3.65. The van der Waals surface area contributed by atoms with E-state index >= 15 is 0 Å². The average Bonchev–Trinajstić information content (AvgIpc) is 2.66. The van der Waals surface area contributed by atoms with Gasteiger partial charge in [0, 0.05) is 19.5 Å². The standard InChI is InChI=1S/C13H13NOS/c1-9-4-3-5-11(6-9)7-13-14-8-12(16-13)10(2)15/h3-6,8H,7H2,1-2H3. The summed E-state index contributed by atoms with van der Waals surface area (Å²) < 4.78 is 0. The number of nitrogens with zero attached hydrogens (tertiary/aromatic N) is 1. The SMILES string of the molecule is CC(=O)c1cnc(Cc2cccc(C)c2)s1. The molecule has 0 spiro atoms. The quantitative estimate of drug-likeness (QED) is 0.759. The number of hydrogen-bond donors (Lipinski definition) is 0. The van der Waals surface area contributed by atoms with Crippen molar-refractivity contribution in [3.63, 3.8) is 0 Å². The summed E-state index contributed by atoms with van der Waals surface area (Å²) in [4.78, 5) is 16.1.